The Hall–Kier alpha value is -0.340. The molecule has 1 N–H and O–H groups in total. The fourth-order valence-corrected chi connectivity index (χ4v) is 2.62. The van der Waals surface area contributed by atoms with Gasteiger partial charge in [-0.15, -0.1) is 0 Å². The predicted molar refractivity (Wildman–Crippen MR) is 68.0 cm³/mol. The lowest BCUT2D eigenvalue weighted by Crippen LogP contribution is -2.14. The van der Waals surface area contributed by atoms with Crippen molar-refractivity contribution in [1.82, 2.24) is 5.32 Å². The fourth-order valence-electron chi connectivity index (χ4n) is 2.35. The summed E-state index contributed by atoms with van der Waals surface area (Å²) in [7, 11) is 2.04. The number of benzene rings is 1. The molecule has 1 aliphatic carbocycles. The molecule has 0 amide bonds. The van der Waals surface area contributed by atoms with Gasteiger partial charge in [0.25, 0.3) is 0 Å². The molecule has 2 heteroatoms. The third kappa shape index (κ3) is 2.61. The van der Waals surface area contributed by atoms with Crippen molar-refractivity contribution in [3.63, 3.8) is 0 Å². The van der Waals surface area contributed by atoms with E-state index in [4.69, 9.17) is 0 Å². The standard InChI is InChI=1S/C13H18BrN/c1-13(8-11(13)9-15-2)7-10-3-5-12(14)6-4-10/h3-6,11,15H,7-9H2,1-2H3. The third-order valence-corrected chi connectivity index (χ3v) is 4.04. The zero-order valence-electron chi connectivity index (χ0n) is 9.39. The summed E-state index contributed by atoms with van der Waals surface area (Å²) in [6.07, 6.45) is 2.58. The summed E-state index contributed by atoms with van der Waals surface area (Å²) in [6, 6.07) is 8.72. The highest BCUT2D eigenvalue weighted by Crippen LogP contribution is 2.53. The van der Waals surface area contributed by atoms with Crippen molar-refractivity contribution >= 4 is 15.9 Å². The molecule has 0 radical (unpaired) electrons. The molecular weight excluding hydrogens is 250 g/mol. The fraction of sp³-hybridized carbons (Fsp3) is 0.538. The Morgan fingerprint density at radius 3 is 2.67 bits per heavy atom. The molecule has 0 aliphatic heterocycles. The Morgan fingerprint density at radius 1 is 1.40 bits per heavy atom. The minimum Gasteiger partial charge on any atom is -0.319 e. The maximum atomic E-state index is 3.47. The zero-order chi connectivity index (χ0) is 10.9. The van der Waals surface area contributed by atoms with Gasteiger partial charge in [0.05, 0.1) is 0 Å². The SMILES string of the molecule is CNCC1CC1(C)Cc1ccc(Br)cc1. The van der Waals surface area contributed by atoms with Gasteiger partial charge in [0.1, 0.15) is 0 Å². The number of hydrogen-bond donors (Lipinski definition) is 1. The van der Waals surface area contributed by atoms with E-state index < -0.39 is 0 Å². The molecule has 2 rings (SSSR count). The van der Waals surface area contributed by atoms with Crippen LogP contribution in [0.4, 0.5) is 0 Å². The molecule has 82 valence electrons. The van der Waals surface area contributed by atoms with Crippen molar-refractivity contribution in [2.24, 2.45) is 11.3 Å². The maximum Gasteiger partial charge on any atom is 0.0175 e. The second-order valence-electron chi connectivity index (χ2n) is 4.92. The molecule has 1 fully saturated rings. The van der Waals surface area contributed by atoms with Crippen molar-refractivity contribution in [3.05, 3.63) is 34.3 Å². The van der Waals surface area contributed by atoms with Crippen LogP contribution in [0.15, 0.2) is 28.7 Å². The van der Waals surface area contributed by atoms with Crippen LogP contribution in [-0.2, 0) is 6.42 Å². The normalized spacial score (nSPS) is 29.1. The average molecular weight is 268 g/mol. The zero-order valence-corrected chi connectivity index (χ0v) is 11.0. The molecule has 0 bridgehead atoms. The van der Waals surface area contributed by atoms with E-state index >= 15 is 0 Å². The molecule has 0 heterocycles. The van der Waals surface area contributed by atoms with E-state index in [1.54, 1.807) is 0 Å². The summed E-state index contributed by atoms with van der Waals surface area (Å²) in [4.78, 5) is 0. The van der Waals surface area contributed by atoms with E-state index in [1.165, 1.54) is 22.9 Å². The van der Waals surface area contributed by atoms with Crippen LogP contribution in [-0.4, -0.2) is 13.6 Å². The molecule has 1 aromatic carbocycles. The van der Waals surface area contributed by atoms with E-state index in [0.29, 0.717) is 5.41 Å². The minimum atomic E-state index is 0.539. The molecular formula is C13H18BrN. The van der Waals surface area contributed by atoms with Gasteiger partial charge in [-0.25, -0.2) is 0 Å². The van der Waals surface area contributed by atoms with Gasteiger partial charge in [0, 0.05) is 4.47 Å². The van der Waals surface area contributed by atoms with E-state index in [-0.39, 0.29) is 0 Å². The molecule has 2 unspecified atom stereocenters. The monoisotopic (exact) mass is 267 g/mol. The van der Waals surface area contributed by atoms with Crippen LogP contribution in [0, 0.1) is 11.3 Å². The maximum absolute atomic E-state index is 3.47. The summed E-state index contributed by atoms with van der Waals surface area (Å²) >= 11 is 3.47. The van der Waals surface area contributed by atoms with Crippen molar-refractivity contribution in [1.29, 1.82) is 0 Å². The van der Waals surface area contributed by atoms with Gasteiger partial charge in [-0.1, -0.05) is 35.0 Å². The van der Waals surface area contributed by atoms with Crippen molar-refractivity contribution < 1.29 is 0 Å². The van der Waals surface area contributed by atoms with Crippen molar-refractivity contribution in [3.8, 4) is 0 Å². The first-order valence-electron chi connectivity index (χ1n) is 5.53. The molecule has 1 nitrogen and oxygen atoms in total. The number of halogens is 1. The van der Waals surface area contributed by atoms with Gasteiger partial charge in [-0.2, -0.15) is 0 Å². The van der Waals surface area contributed by atoms with Crippen LogP contribution in [0.25, 0.3) is 0 Å². The highest BCUT2D eigenvalue weighted by molar-refractivity contribution is 9.10. The Kier molecular flexibility index (Phi) is 3.17. The van der Waals surface area contributed by atoms with E-state index in [2.05, 4.69) is 52.4 Å². The molecule has 1 saturated carbocycles. The summed E-state index contributed by atoms with van der Waals surface area (Å²) < 4.78 is 1.17. The summed E-state index contributed by atoms with van der Waals surface area (Å²) in [5.74, 6) is 0.867. The third-order valence-electron chi connectivity index (χ3n) is 3.51. The highest BCUT2D eigenvalue weighted by Gasteiger charge is 2.48. The van der Waals surface area contributed by atoms with Crippen molar-refractivity contribution in [2.75, 3.05) is 13.6 Å². The van der Waals surface area contributed by atoms with Gasteiger partial charge < -0.3 is 5.32 Å². The van der Waals surface area contributed by atoms with Crippen LogP contribution >= 0.6 is 15.9 Å². The largest absolute Gasteiger partial charge is 0.319 e. The Bertz CT molecular complexity index is 333. The summed E-state index contributed by atoms with van der Waals surface area (Å²) in [6.45, 7) is 3.56. The van der Waals surface area contributed by atoms with Crippen molar-refractivity contribution in [2.45, 2.75) is 19.8 Å². The molecule has 15 heavy (non-hydrogen) atoms. The first kappa shape index (κ1) is 11.2. The quantitative estimate of drug-likeness (QED) is 0.884. The van der Waals surface area contributed by atoms with Crippen LogP contribution in [0.2, 0.25) is 0 Å². The second-order valence-corrected chi connectivity index (χ2v) is 5.83. The number of nitrogens with one attached hydrogen (secondary N) is 1. The number of rotatable bonds is 4. The first-order valence-corrected chi connectivity index (χ1v) is 6.32. The summed E-state index contributed by atoms with van der Waals surface area (Å²) in [5, 5.41) is 3.27. The lowest BCUT2D eigenvalue weighted by Gasteiger charge is -2.11. The van der Waals surface area contributed by atoms with E-state index in [9.17, 15) is 0 Å². The molecule has 0 saturated heterocycles. The molecule has 0 aromatic heterocycles. The Balaban J connectivity index is 1.95. The van der Waals surface area contributed by atoms with Gasteiger partial charge in [0.2, 0.25) is 0 Å². The lowest BCUT2D eigenvalue weighted by atomic mass is 9.96. The van der Waals surface area contributed by atoms with Crippen LogP contribution in [0.1, 0.15) is 18.9 Å². The Labute approximate surface area is 100 Å². The average Bonchev–Trinajstić information content (AvgIpc) is 2.82. The second kappa shape index (κ2) is 4.26. The van der Waals surface area contributed by atoms with E-state index in [1.807, 2.05) is 7.05 Å². The van der Waals surface area contributed by atoms with Crippen LogP contribution in [0.5, 0.6) is 0 Å². The smallest absolute Gasteiger partial charge is 0.0175 e. The summed E-state index contributed by atoms with van der Waals surface area (Å²) in [5.41, 5.74) is 2.00. The van der Waals surface area contributed by atoms with Gasteiger partial charge >= 0.3 is 0 Å². The van der Waals surface area contributed by atoms with Gasteiger partial charge in [0.15, 0.2) is 0 Å². The first-order chi connectivity index (χ1) is 7.14. The molecule has 0 spiro atoms. The van der Waals surface area contributed by atoms with Crippen LogP contribution in [0.3, 0.4) is 0 Å². The minimum absolute atomic E-state index is 0.539. The topological polar surface area (TPSA) is 12.0 Å². The van der Waals surface area contributed by atoms with Gasteiger partial charge in [-0.05, 0) is 55.5 Å². The van der Waals surface area contributed by atoms with E-state index in [0.717, 1.165) is 12.5 Å². The van der Waals surface area contributed by atoms with Gasteiger partial charge in [-0.3, -0.25) is 0 Å². The number of hydrogen-bond acceptors (Lipinski definition) is 1. The highest BCUT2D eigenvalue weighted by atomic mass is 79.9. The molecule has 1 aromatic rings. The molecule has 1 aliphatic rings. The predicted octanol–water partition coefficient (Wildman–Crippen LogP) is 3.24. The lowest BCUT2D eigenvalue weighted by molar-refractivity contribution is 0.487. The molecule has 2 atom stereocenters. The Morgan fingerprint density at radius 2 is 2.07 bits per heavy atom. The van der Waals surface area contributed by atoms with Crippen LogP contribution < -0.4 is 5.32 Å².